The van der Waals surface area contributed by atoms with E-state index in [0.29, 0.717) is 5.16 Å². The molecule has 0 aliphatic rings. The first-order valence-electron chi connectivity index (χ1n) is 8.05. The molecule has 0 aliphatic heterocycles. The van der Waals surface area contributed by atoms with Crippen molar-refractivity contribution in [3.8, 4) is 5.69 Å². The third-order valence-corrected chi connectivity index (χ3v) is 4.92. The molecule has 1 heterocycles. The van der Waals surface area contributed by atoms with E-state index in [1.54, 1.807) is 6.33 Å². The van der Waals surface area contributed by atoms with E-state index in [2.05, 4.69) is 15.5 Å². The van der Waals surface area contributed by atoms with Crippen LogP contribution in [-0.4, -0.2) is 25.9 Å². The van der Waals surface area contributed by atoms with Gasteiger partial charge in [0.05, 0.1) is 10.9 Å². The lowest BCUT2D eigenvalue weighted by atomic mass is 10.2. The Balaban J connectivity index is 1.72. The Morgan fingerprint density at radius 2 is 1.84 bits per heavy atom. The number of nitrogens with one attached hydrogen (secondary N) is 1. The Bertz CT molecular complexity index is 873. The summed E-state index contributed by atoms with van der Waals surface area (Å²) in [5.41, 5.74) is 4.09. The van der Waals surface area contributed by atoms with E-state index in [1.165, 1.54) is 11.8 Å². The Morgan fingerprint density at radius 1 is 1.12 bits per heavy atom. The van der Waals surface area contributed by atoms with E-state index in [9.17, 15) is 4.79 Å². The topological polar surface area (TPSA) is 59.8 Å². The fourth-order valence-electron chi connectivity index (χ4n) is 2.40. The van der Waals surface area contributed by atoms with Gasteiger partial charge in [-0.2, -0.15) is 0 Å². The summed E-state index contributed by atoms with van der Waals surface area (Å²) in [4.78, 5) is 12.4. The number of amides is 1. The lowest BCUT2D eigenvalue weighted by Gasteiger charge is -2.13. The van der Waals surface area contributed by atoms with E-state index in [-0.39, 0.29) is 11.2 Å². The van der Waals surface area contributed by atoms with Gasteiger partial charge in [-0.05, 0) is 44.5 Å². The summed E-state index contributed by atoms with van der Waals surface area (Å²) in [7, 11) is 0. The smallest absolute Gasteiger partial charge is 0.237 e. The van der Waals surface area contributed by atoms with Gasteiger partial charge < -0.3 is 5.32 Å². The zero-order valence-electron chi connectivity index (χ0n) is 14.4. The van der Waals surface area contributed by atoms with E-state index in [4.69, 9.17) is 0 Å². The summed E-state index contributed by atoms with van der Waals surface area (Å²) in [5, 5.41) is 11.5. The molecule has 0 saturated carbocycles. The van der Waals surface area contributed by atoms with E-state index < -0.39 is 0 Å². The SMILES string of the molecule is Cc1ccc(NC(=O)[C@@H](C)Sc2nncn2-c2ccccc2C)cc1. The lowest BCUT2D eigenvalue weighted by molar-refractivity contribution is -0.115. The molecule has 1 N–H and O–H groups in total. The first-order chi connectivity index (χ1) is 12.0. The van der Waals surface area contributed by atoms with Crippen LogP contribution in [0.3, 0.4) is 0 Å². The molecule has 25 heavy (non-hydrogen) atoms. The van der Waals surface area contributed by atoms with Crippen molar-refractivity contribution in [3.63, 3.8) is 0 Å². The summed E-state index contributed by atoms with van der Waals surface area (Å²) in [6.07, 6.45) is 1.68. The number of carbonyl (C=O) groups is 1. The number of benzene rings is 2. The third-order valence-electron chi connectivity index (χ3n) is 3.86. The fraction of sp³-hybridized carbons (Fsp3) is 0.211. The highest BCUT2D eigenvalue weighted by Gasteiger charge is 2.19. The number of para-hydroxylation sites is 1. The summed E-state index contributed by atoms with van der Waals surface area (Å²) >= 11 is 1.39. The van der Waals surface area contributed by atoms with Crippen LogP contribution in [0.2, 0.25) is 0 Å². The molecule has 0 radical (unpaired) electrons. The van der Waals surface area contributed by atoms with Crippen molar-refractivity contribution in [2.75, 3.05) is 5.32 Å². The van der Waals surface area contributed by atoms with Crippen molar-refractivity contribution < 1.29 is 4.79 Å². The van der Waals surface area contributed by atoms with Crippen molar-refractivity contribution in [2.24, 2.45) is 0 Å². The number of nitrogens with zero attached hydrogens (tertiary/aromatic N) is 3. The van der Waals surface area contributed by atoms with Crippen LogP contribution in [0, 0.1) is 13.8 Å². The Hall–Kier alpha value is -2.60. The molecule has 0 spiro atoms. The Morgan fingerprint density at radius 3 is 2.56 bits per heavy atom. The quantitative estimate of drug-likeness (QED) is 0.705. The molecule has 0 unspecified atom stereocenters. The average molecular weight is 352 g/mol. The lowest BCUT2D eigenvalue weighted by Crippen LogP contribution is -2.22. The van der Waals surface area contributed by atoms with Gasteiger partial charge in [0.25, 0.3) is 0 Å². The minimum Gasteiger partial charge on any atom is -0.325 e. The maximum absolute atomic E-state index is 12.4. The summed E-state index contributed by atoms with van der Waals surface area (Å²) < 4.78 is 1.91. The van der Waals surface area contributed by atoms with Gasteiger partial charge in [0.2, 0.25) is 5.91 Å². The summed E-state index contributed by atoms with van der Waals surface area (Å²) in [6.45, 7) is 5.92. The predicted octanol–water partition coefficient (Wildman–Crippen LogP) is 4.00. The first-order valence-corrected chi connectivity index (χ1v) is 8.93. The predicted molar refractivity (Wildman–Crippen MR) is 101 cm³/mol. The molecule has 0 saturated heterocycles. The van der Waals surface area contributed by atoms with Crippen LogP contribution in [0.5, 0.6) is 0 Å². The van der Waals surface area contributed by atoms with Gasteiger partial charge in [0.15, 0.2) is 5.16 Å². The molecule has 0 aliphatic carbocycles. The maximum atomic E-state index is 12.4. The minimum absolute atomic E-state index is 0.0619. The first kappa shape index (κ1) is 17.2. The number of thioether (sulfide) groups is 1. The number of carbonyl (C=O) groups excluding carboxylic acids is 1. The fourth-order valence-corrected chi connectivity index (χ4v) is 3.23. The maximum Gasteiger partial charge on any atom is 0.237 e. The standard InChI is InChI=1S/C19H20N4OS/c1-13-8-10-16(11-9-13)21-18(24)15(3)25-19-22-20-12-23(19)17-7-5-4-6-14(17)2/h4-12,15H,1-3H3,(H,21,24)/t15-/m1/s1. The largest absolute Gasteiger partial charge is 0.325 e. The van der Waals surface area contributed by atoms with Crippen LogP contribution in [-0.2, 0) is 4.79 Å². The molecule has 1 amide bonds. The van der Waals surface area contributed by atoms with Crippen LogP contribution in [0.4, 0.5) is 5.69 Å². The number of anilines is 1. The van der Waals surface area contributed by atoms with Gasteiger partial charge >= 0.3 is 0 Å². The molecular weight excluding hydrogens is 332 g/mol. The Labute approximate surface area is 151 Å². The van der Waals surface area contributed by atoms with Crippen molar-refractivity contribution >= 4 is 23.4 Å². The van der Waals surface area contributed by atoms with Crippen LogP contribution in [0.25, 0.3) is 5.69 Å². The zero-order chi connectivity index (χ0) is 17.8. The van der Waals surface area contributed by atoms with Gasteiger partial charge in [-0.15, -0.1) is 10.2 Å². The molecule has 6 heteroatoms. The molecule has 1 aromatic heterocycles. The van der Waals surface area contributed by atoms with Crippen molar-refractivity contribution in [3.05, 3.63) is 66.0 Å². The molecule has 3 aromatic rings. The van der Waals surface area contributed by atoms with Crippen LogP contribution < -0.4 is 5.32 Å². The number of hydrogen-bond donors (Lipinski definition) is 1. The monoisotopic (exact) mass is 352 g/mol. The van der Waals surface area contributed by atoms with Gasteiger partial charge in [-0.3, -0.25) is 9.36 Å². The van der Waals surface area contributed by atoms with E-state index in [1.807, 2.05) is 73.9 Å². The highest BCUT2D eigenvalue weighted by atomic mass is 32.2. The zero-order valence-corrected chi connectivity index (χ0v) is 15.2. The number of aromatic nitrogens is 3. The normalized spacial score (nSPS) is 12.0. The summed E-state index contributed by atoms with van der Waals surface area (Å²) in [6, 6.07) is 15.8. The minimum atomic E-state index is -0.298. The van der Waals surface area contributed by atoms with Gasteiger partial charge in [0, 0.05) is 5.69 Å². The van der Waals surface area contributed by atoms with Gasteiger partial charge in [0.1, 0.15) is 6.33 Å². The van der Waals surface area contributed by atoms with Crippen LogP contribution in [0.1, 0.15) is 18.1 Å². The molecule has 0 bridgehead atoms. The Kier molecular flexibility index (Phi) is 5.19. The molecule has 128 valence electrons. The van der Waals surface area contributed by atoms with Crippen molar-refractivity contribution in [2.45, 2.75) is 31.2 Å². The van der Waals surface area contributed by atoms with Gasteiger partial charge in [-0.1, -0.05) is 47.7 Å². The second-order valence-corrected chi connectivity index (χ2v) is 7.19. The highest BCUT2D eigenvalue weighted by Crippen LogP contribution is 2.26. The number of rotatable bonds is 5. The number of hydrogen-bond acceptors (Lipinski definition) is 4. The van der Waals surface area contributed by atoms with Crippen LogP contribution in [0.15, 0.2) is 60.0 Å². The molecule has 3 rings (SSSR count). The van der Waals surface area contributed by atoms with Crippen LogP contribution >= 0.6 is 11.8 Å². The van der Waals surface area contributed by atoms with E-state index >= 15 is 0 Å². The van der Waals surface area contributed by atoms with E-state index in [0.717, 1.165) is 22.5 Å². The molecule has 2 aromatic carbocycles. The third kappa shape index (κ3) is 4.09. The molecular formula is C19H20N4OS. The second-order valence-electron chi connectivity index (χ2n) is 5.89. The second kappa shape index (κ2) is 7.53. The van der Waals surface area contributed by atoms with Crippen molar-refractivity contribution in [1.82, 2.24) is 14.8 Å². The molecule has 0 fully saturated rings. The molecule has 1 atom stereocenters. The summed E-state index contributed by atoms with van der Waals surface area (Å²) in [5.74, 6) is -0.0619. The average Bonchev–Trinajstić information content (AvgIpc) is 3.05. The number of aryl methyl sites for hydroxylation is 2. The highest BCUT2D eigenvalue weighted by molar-refractivity contribution is 8.00. The van der Waals surface area contributed by atoms with Crippen molar-refractivity contribution in [1.29, 1.82) is 0 Å². The van der Waals surface area contributed by atoms with Gasteiger partial charge in [-0.25, -0.2) is 0 Å². The molecule has 5 nitrogen and oxygen atoms in total.